The predicted molar refractivity (Wildman–Crippen MR) is 160 cm³/mol. The van der Waals surface area contributed by atoms with E-state index in [1.807, 2.05) is 104 Å². The van der Waals surface area contributed by atoms with E-state index in [0.717, 1.165) is 40.8 Å². The Hall–Kier alpha value is -4.58. The summed E-state index contributed by atoms with van der Waals surface area (Å²) in [5.74, 6) is -1.53. The first-order valence-electron chi connectivity index (χ1n) is 13.3. The quantitative estimate of drug-likeness (QED) is 0.174. The molecule has 1 heterocycles. The van der Waals surface area contributed by atoms with E-state index >= 15 is 0 Å². The first-order valence-corrected chi connectivity index (χ1v) is 13.3. The van der Waals surface area contributed by atoms with E-state index < -0.39 is 17.7 Å². The van der Waals surface area contributed by atoms with E-state index in [1.165, 1.54) is 4.90 Å². The van der Waals surface area contributed by atoms with Gasteiger partial charge in [0.05, 0.1) is 11.6 Å². The molecule has 1 saturated heterocycles. The largest absolute Gasteiger partial charge is 0.507 e. The number of carbonyl (C=O) groups is 2. The van der Waals surface area contributed by atoms with E-state index in [4.69, 9.17) is 0 Å². The maximum Gasteiger partial charge on any atom is 0.300 e. The number of rotatable bonds is 7. The van der Waals surface area contributed by atoms with Crippen molar-refractivity contribution in [3.8, 4) is 0 Å². The van der Waals surface area contributed by atoms with Crippen molar-refractivity contribution in [2.75, 3.05) is 41.9 Å². The summed E-state index contributed by atoms with van der Waals surface area (Å²) in [6, 6.07) is 28.0. The molecule has 1 unspecified atom stereocenters. The van der Waals surface area contributed by atoms with Crippen LogP contribution in [-0.2, 0) is 9.59 Å². The fourth-order valence-electron chi connectivity index (χ4n) is 5.27. The third-order valence-corrected chi connectivity index (χ3v) is 7.45. The smallest absolute Gasteiger partial charge is 0.300 e. The van der Waals surface area contributed by atoms with E-state index in [-0.39, 0.29) is 11.3 Å². The topological polar surface area (TPSA) is 64.1 Å². The van der Waals surface area contributed by atoms with Crippen molar-refractivity contribution in [3.63, 3.8) is 0 Å². The van der Waals surface area contributed by atoms with Crippen molar-refractivity contribution >= 4 is 45.3 Å². The van der Waals surface area contributed by atoms with Gasteiger partial charge in [-0.15, -0.1) is 0 Å². The Morgan fingerprint density at radius 1 is 0.795 bits per heavy atom. The van der Waals surface area contributed by atoms with E-state index in [1.54, 1.807) is 6.07 Å². The molecule has 198 valence electrons. The van der Waals surface area contributed by atoms with Crippen LogP contribution in [0, 0.1) is 0 Å². The molecule has 1 amide bonds. The summed E-state index contributed by atoms with van der Waals surface area (Å²) >= 11 is 0. The molecule has 39 heavy (non-hydrogen) atoms. The standard InChI is InChI=1S/C33H33N3O3/c1-5-35(6-2)27-17-19-28(20-18-27)36-30(23-13-15-26(16-14-23)34(3)4)29(32(38)33(36)39)31(37)25-12-11-22-9-7-8-10-24(22)21-25/h7-21,30,37H,5-6H2,1-4H3/b31-29-. The SMILES string of the molecule is CCN(CC)c1ccc(N2C(=O)C(=O)/C(=C(\O)c3ccc4ccccc4c3)C2c2ccc(N(C)C)cc2)cc1. The van der Waals surface area contributed by atoms with Crippen molar-refractivity contribution in [2.45, 2.75) is 19.9 Å². The number of hydrogen-bond donors (Lipinski definition) is 1. The molecule has 4 aromatic carbocycles. The molecule has 0 aromatic heterocycles. The van der Waals surface area contributed by atoms with Gasteiger partial charge in [0.1, 0.15) is 5.76 Å². The van der Waals surface area contributed by atoms with E-state index in [2.05, 4.69) is 18.7 Å². The number of aliphatic hydroxyl groups excluding tert-OH is 1. The Morgan fingerprint density at radius 2 is 1.41 bits per heavy atom. The van der Waals surface area contributed by atoms with Crippen LogP contribution in [0.2, 0.25) is 0 Å². The highest BCUT2D eigenvalue weighted by atomic mass is 16.3. The van der Waals surface area contributed by atoms with Crippen LogP contribution in [0.3, 0.4) is 0 Å². The molecule has 1 aliphatic heterocycles. The van der Waals surface area contributed by atoms with Crippen molar-refractivity contribution in [1.82, 2.24) is 0 Å². The number of aliphatic hydroxyl groups is 1. The zero-order valence-electron chi connectivity index (χ0n) is 22.8. The van der Waals surface area contributed by atoms with Crippen LogP contribution in [0.1, 0.15) is 31.0 Å². The highest BCUT2D eigenvalue weighted by Crippen LogP contribution is 2.43. The van der Waals surface area contributed by atoms with Crippen LogP contribution >= 0.6 is 0 Å². The first kappa shape index (κ1) is 26.0. The first-order chi connectivity index (χ1) is 18.8. The molecule has 5 rings (SSSR count). The van der Waals surface area contributed by atoms with Crippen LogP contribution < -0.4 is 14.7 Å². The normalized spacial score (nSPS) is 16.6. The molecule has 1 aliphatic rings. The highest BCUT2D eigenvalue weighted by molar-refractivity contribution is 6.51. The lowest BCUT2D eigenvalue weighted by atomic mass is 9.94. The molecule has 6 heteroatoms. The van der Waals surface area contributed by atoms with Crippen LogP contribution in [0.25, 0.3) is 16.5 Å². The molecule has 0 aliphatic carbocycles. The molecule has 1 fully saturated rings. The Labute approximate surface area is 229 Å². The Balaban J connectivity index is 1.66. The molecule has 1 atom stereocenters. The minimum Gasteiger partial charge on any atom is -0.507 e. The number of anilines is 3. The third kappa shape index (κ3) is 4.74. The Kier molecular flexibility index (Phi) is 7.11. The zero-order valence-corrected chi connectivity index (χ0v) is 22.8. The van der Waals surface area contributed by atoms with Gasteiger partial charge in [-0.3, -0.25) is 14.5 Å². The monoisotopic (exact) mass is 519 g/mol. The molecular weight excluding hydrogens is 486 g/mol. The number of carbonyl (C=O) groups excluding carboxylic acids is 2. The highest BCUT2D eigenvalue weighted by Gasteiger charge is 2.47. The van der Waals surface area contributed by atoms with Gasteiger partial charge in [-0.25, -0.2) is 0 Å². The maximum atomic E-state index is 13.6. The van der Waals surface area contributed by atoms with Gasteiger partial charge in [-0.2, -0.15) is 0 Å². The molecule has 6 nitrogen and oxygen atoms in total. The van der Waals surface area contributed by atoms with Crippen molar-refractivity contribution in [2.24, 2.45) is 0 Å². The van der Waals surface area contributed by atoms with E-state index in [0.29, 0.717) is 11.3 Å². The predicted octanol–water partition coefficient (Wildman–Crippen LogP) is 6.38. The van der Waals surface area contributed by atoms with Crippen LogP contribution in [0.5, 0.6) is 0 Å². The molecular formula is C33H33N3O3. The minimum absolute atomic E-state index is 0.0840. The number of nitrogens with zero attached hydrogens (tertiary/aromatic N) is 3. The summed E-state index contributed by atoms with van der Waals surface area (Å²) in [6.07, 6.45) is 0. The van der Waals surface area contributed by atoms with Gasteiger partial charge in [0.15, 0.2) is 0 Å². The number of hydrogen-bond acceptors (Lipinski definition) is 5. The van der Waals surface area contributed by atoms with Gasteiger partial charge in [0.25, 0.3) is 11.7 Å². The molecule has 4 aromatic rings. The minimum atomic E-state index is -0.771. The molecule has 0 radical (unpaired) electrons. The van der Waals surface area contributed by atoms with Gasteiger partial charge in [0.2, 0.25) is 0 Å². The van der Waals surface area contributed by atoms with Gasteiger partial charge >= 0.3 is 0 Å². The van der Waals surface area contributed by atoms with Crippen LogP contribution in [0.4, 0.5) is 17.1 Å². The van der Waals surface area contributed by atoms with Crippen LogP contribution in [-0.4, -0.2) is 44.0 Å². The number of benzene rings is 4. The summed E-state index contributed by atoms with van der Waals surface area (Å²) in [5.41, 5.74) is 3.97. The Bertz CT molecular complexity index is 1550. The molecule has 1 N–H and O–H groups in total. The van der Waals surface area contributed by atoms with Gasteiger partial charge in [-0.05, 0) is 72.6 Å². The maximum absolute atomic E-state index is 13.6. The fraction of sp³-hybridized carbons (Fsp3) is 0.212. The lowest BCUT2D eigenvalue weighted by molar-refractivity contribution is -0.132. The summed E-state index contributed by atoms with van der Waals surface area (Å²) in [5, 5.41) is 13.5. The number of amides is 1. The summed E-state index contributed by atoms with van der Waals surface area (Å²) in [6.45, 7) is 5.93. The zero-order chi connectivity index (χ0) is 27.7. The summed E-state index contributed by atoms with van der Waals surface area (Å²) in [4.78, 5) is 32.8. The number of ketones is 1. The lowest BCUT2D eigenvalue weighted by Crippen LogP contribution is -2.29. The van der Waals surface area contributed by atoms with Gasteiger partial charge < -0.3 is 14.9 Å². The summed E-state index contributed by atoms with van der Waals surface area (Å²) < 4.78 is 0. The second kappa shape index (κ2) is 10.7. The van der Waals surface area contributed by atoms with Crippen molar-refractivity contribution < 1.29 is 14.7 Å². The Morgan fingerprint density at radius 3 is 2.03 bits per heavy atom. The second-order valence-corrected chi connectivity index (χ2v) is 9.91. The third-order valence-electron chi connectivity index (χ3n) is 7.45. The number of Topliss-reactive ketones (excluding diaryl/α,β-unsaturated/α-hetero) is 1. The van der Waals surface area contributed by atoms with Crippen LogP contribution in [0.15, 0.2) is 96.6 Å². The lowest BCUT2D eigenvalue weighted by Gasteiger charge is -2.27. The van der Waals surface area contributed by atoms with Gasteiger partial charge in [0, 0.05) is 49.8 Å². The van der Waals surface area contributed by atoms with E-state index in [9.17, 15) is 14.7 Å². The summed E-state index contributed by atoms with van der Waals surface area (Å²) in [7, 11) is 3.91. The van der Waals surface area contributed by atoms with Crippen molar-refractivity contribution in [1.29, 1.82) is 0 Å². The second-order valence-electron chi connectivity index (χ2n) is 9.91. The molecule has 0 saturated carbocycles. The van der Waals surface area contributed by atoms with Crippen molar-refractivity contribution in [3.05, 3.63) is 108 Å². The van der Waals surface area contributed by atoms with Gasteiger partial charge in [-0.1, -0.05) is 48.5 Å². The fourth-order valence-corrected chi connectivity index (χ4v) is 5.27. The average Bonchev–Trinajstić information content (AvgIpc) is 3.23. The molecule has 0 bridgehead atoms. The average molecular weight is 520 g/mol. The molecule has 0 spiro atoms. The number of fused-ring (bicyclic) bond motifs is 1.